The number of ketones is 1. The summed E-state index contributed by atoms with van der Waals surface area (Å²) in [6.45, 7) is 1.48. The molecule has 0 rings (SSSR count). The number of esters is 1. The van der Waals surface area contributed by atoms with Gasteiger partial charge in [-0.15, -0.1) is 0 Å². The number of methoxy groups -OCH3 is 1. The molecule has 1 atom stereocenters. The summed E-state index contributed by atoms with van der Waals surface area (Å²) >= 11 is 0. The third-order valence-corrected chi connectivity index (χ3v) is 1.03. The van der Waals surface area contributed by atoms with E-state index in [4.69, 9.17) is 0 Å². The summed E-state index contributed by atoms with van der Waals surface area (Å²) in [6, 6.07) is 0. The Morgan fingerprint density at radius 3 is 2.40 bits per heavy atom. The lowest BCUT2D eigenvalue weighted by atomic mass is 10.2. The van der Waals surface area contributed by atoms with E-state index < -0.39 is 17.9 Å². The molecule has 0 aliphatic rings. The Kier molecular flexibility index (Phi) is 3.61. The zero-order chi connectivity index (χ0) is 8.15. The van der Waals surface area contributed by atoms with Crippen molar-refractivity contribution in [1.29, 1.82) is 0 Å². The van der Waals surface area contributed by atoms with E-state index in [0.717, 1.165) is 7.11 Å². The molecule has 0 aliphatic heterocycles. The molecule has 0 heterocycles. The zero-order valence-corrected chi connectivity index (χ0v) is 5.89. The summed E-state index contributed by atoms with van der Waals surface area (Å²) in [6.07, 6.45) is -1.71. The number of rotatable bonds is 3. The quantitative estimate of drug-likeness (QED) is 0.431. The van der Waals surface area contributed by atoms with E-state index in [2.05, 4.69) is 4.74 Å². The number of alkyl halides is 1. The van der Waals surface area contributed by atoms with Crippen LogP contribution in [0.4, 0.5) is 4.39 Å². The van der Waals surface area contributed by atoms with Gasteiger partial charge in [-0.25, -0.2) is 9.18 Å². The van der Waals surface area contributed by atoms with Crippen LogP contribution in [-0.4, -0.2) is 25.0 Å². The number of Topliss-reactive ketones (excluding diaryl/α,β-unsaturated/α-hetero) is 1. The molecule has 0 saturated carbocycles. The van der Waals surface area contributed by atoms with Gasteiger partial charge in [-0.05, 0) is 6.42 Å². The Morgan fingerprint density at radius 1 is 1.60 bits per heavy atom. The van der Waals surface area contributed by atoms with Crippen molar-refractivity contribution < 1.29 is 18.7 Å². The van der Waals surface area contributed by atoms with E-state index in [1.54, 1.807) is 0 Å². The molecule has 58 valence electrons. The van der Waals surface area contributed by atoms with Crippen molar-refractivity contribution in [2.75, 3.05) is 7.11 Å². The Balaban J connectivity index is 3.95. The average molecular weight is 148 g/mol. The van der Waals surface area contributed by atoms with Crippen molar-refractivity contribution in [3.05, 3.63) is 0 Å². The first-order chi connectivity index (χ1) is 4.63. The van der Waals surface area contributed by atoms with E-state index in [1.165, 1.54) is 6.92 Å². The molecule has 0 fully saturated rings. The van der Waals surface area contributed by atoms with Crippen LogP contribution in [0, 0.1) is 0 Å². The molecule has 0 N–H and O–H groups in total. The first kappa shape index (κ1) is 9.07. The van der Waals surface area contributed by atoms with Crippen molar-refractivity contribution in [3.8, 4) is 0 Å². The minimum absolute atomic E-state index is 0.00787. The van der Waals surface area contributed by atoms with Gasteiger partial charge in [-0.3, -0.25) is 4.79 Å². The summed E-state index contributed by atoms with van der Waals surface area (Å²) < 4.78 is 16.3. The number of carbonyl (C=O) groups is 2. The highest BCUT2D eigenvalue weighted by atomic mass is 19.1. The fourth-order valence-corrected chi connectivity index (χ4v) is 0.414. The van der Waals surface area contributed by atoms with Crippen molar-refractivity contribution in [2.24, 2.45) is 0 Å². The number of halogens is 1. The topological polar surface area (TPSA) is 43.4 Å². The minimum Gasteiger partial charge on any atom is -0.463 e. The van der Waals surface area contributed by atoms with E-state index in [-0.39, 0.29) is 6.42 Å². The van der Waals surface area contributed by atoms with Crippen LogP contribution in [0.1, 0.15) is 13.3 Å². The van der Waals surface area contributed by atoms with E-state index in [9.17, 15) is 14.0 Å². The van der Waals surface area contributed by atoms with Gasteiger partial charge in [0.25, 0.3) is 5.78 Å². The Hall–Kier alpha value is -0.930. The lowest BCUT2D eigenvalue weighted by Gasteiger charge is -1.99. The van der Waals surface area contributed by atoms with Gasteiger partial charge in [-0.1, -0.05) is 6.92 Å². The molecule has 0 bridgehead atoms. The standard InChI is InChI=1S/C6H9FO3/c1-3-4(7)5(8)6(9)10-2/h4H,3H2,1-2H3. The van der Waals surface area contributed by atoms with Gasteiger partial charge in [0, 0.05) is 0 Å². The highest BCUT2D eigenvalue weighted by Gasteiger charge is 2.23. The summed E-state index contributed by atoms with van der Waals surface area (Å²) in [5.74, 6) is -2.22. The molecule has 0 saturated heterocycles. The van der Waals surface area contributed by atoms with Crippen LogP contribution in [0.15, 0.2) is 0 Å². The SMILES string of the molecule is CCC(F)C(=O)C(=O)OC. The first-order valence-corrected chi connectivity index (χ1v) is 2.89. The molecule has 4 heteroatoms. The van der Waals surface area contributed by atoms with Crippen LogP contribution in [0.3, 0.4) is 0 Å². The molecule has 0 spiro atoms. The highest BCUT2D eigenvalue weighted by Crippen LogP contribution is 1.98. The summed E-state index contributed by atoms with van der Waals surface area (Å²) in [5.41, 5.74) is 0. The maximum absolute atomic E-state index is 12.3. The lowest BCUT2D eigenvalue weighted by molar-refractivity contribution is -0.153. The number of carbonyl (C=O) groups excluding carboxylic acids is 2. The molecule has 0 aromatic rings. The monoisotopic (exact) mass is 148 g/mol. The Morgan fingerprint density at radius 2 is 2.10 bits per heavy atom. The maximum atomic E-state index is 12.3. The van der Waals surface area contributed by atoms with Crippen LogP contribution in [0.5, 0.6) is 0 Å². The van der Waals surface area contributed by atoms with Crippen molar-refractivity contribution in [2.45, 2.75) is 19.5 Å². The fraction of sp³-hybridized carbons (Fsp3) is 0.667. The van der Waals surface area contributed by atoms with Gasteiger partial charge in [0.05, 0.1) is 7.11 Å². The number of ether oxygens (including phenoxy) is 1. The van der Waals surface area contributed by atoms with Gasteiger partial charge < -0.3 is 4.74 Å². The molecular weight excluding hydrogens is 139 g/mol. The molecule has 10 heavy (non-hydrogen) atoms. The summed E-state index contributed by atoms with van der Waals surface area (Å²) in [5, 5.41) is 0. The van der Waals surface area contributed by atoms with Gasteiger partial charge in [0.2, 0.25) is 0 Å². The van der Waals surface area contributed by atoms with Gasteiger partial charge in [0.15, 0.2) is 6.17 Å². The number of hydrogen-bond acceptors (Lipinski definition) is 3. The zero-order valence-electron chi connectivity index (χ0n) is 5.89. The van der Waals surface area contributed by atoms with Crippen LogP contribution in [-0.2, 0) is 14.3 Å². The molecule has 0 aromatic carbocycles. The molecule has 3 nitrogen and oxygen atoms in total. The molecular formula is C6H9FO3. The van der Waals surface area contributed by atoms with E-state index in [1.807, 2.05) is 0 Å². The third kappa shape index (κ3) is 2.13. The second-order valence-electron chi connectivity index (χ2n) is 1.73. The van der Waals surface area contributed by atoms with Crippen LogP contribution in [0.25, 0.3) is 0 Å². The molecule has 0 amide bonds. The van der Waals surface area contributed by atoms with Gasteiger partial charge >= 0.3 is 5.97 Å². The predicted octanol–water partition coefficient (Wildman–Crippen LogP) is 0.477. The second-order valence-corrected chi connectivity index (χ2v) is 1.73. The van der Waals surface area contributed by atoms with Crippen LogP contribution < -0.4 is 0 Å². The second kappa shape index (κ2) is 3.98. The molecule has 1 unspecified atom stereocenters. The maximum Gasteiger partial charge on any atom is 0.377 e. The van der Waals surface area contributed by atoms with Crippen LogP contribution >= 0.6 is 0 Å². The normalized spacial score (nSPS) is 12.3. The largest absolute Gasteiger partial charge is 0.463 e. The minimum atomic E-state index is -1.72. The predicted molar refractivity (Wildman–Crippen MR) is 32.2 cm³/mol. The number of hydrogen-bond donors (Lipinski definition) is 0. The fourth-order valence-electron chi connectivity index (χ4n) is 0.414. The van der Waals surface area contributed by atoms with Crippen molar-refractivity contribution in [1.82, 2.24) is 0 Å². The van der Waals surface area contributed by atoms with Crippen molar-refractivity contribution >= 4 is 11.8 Å². The lowest BCUT2D eigenvalue weighted by Crippen LogP contribution is -2.25. The third-order valence-electron chi connectivity index (χ3n) is 1.03. The van der Waals surface area contributed by atoms with Gasteiger partial charge in [0.1, 0.15) is 0 Å². The Bertz CT molecular complexity index is 144. The first-order valence-electron chi connectivity index (χ1n) is 2.89. The molecule has 0 aliphatic carbocycles. The molecule has 0 radical (unpaired) electrons. The summed E-state index contributed by atoms with van der Waals surface area (Å²) in [7, 11) is 1.04. The average Bonchev–Trinajstić information content (AvgIpc) is 2.00. The smallest absolute Gasteiger partial charge is 0.377 e. The van der Waals surface area contributed by atoms with E-state index >= 15 is 0 Å². The van der Waals surface area contributed by atoms with Crippen molar-refractivity contribution in [3.63, 3.8) is 0 Å². The summed E-state index contributed by atoms with van der Waals surface area (Å²) in [4.78, 5) is 20.8. The van der Waals surface area contributed by atoms with Crippen LogP contribution in [0.2, 0.25) is 0 Å². The van der Waals surface area contributed by atoms with E-state index in [0.29, 0.717) is 0 Å². The highest BCUT2D eigenvalue weighted by molar-refractivity contribution is 6.35. The molecule has 0 aromatic heterocycles. The Labute approximate surface area is 58.2 Å². The van der Waals surface area contributed by atoms with Gasteiger partial charge in [-0.2, -0.15) is 0 Å².